The molecule has 0 spiro atoms. The summed E-state index contributed by atoms with van der Waals surface area (Å²) >= 11 is 0. The standard InChI is InChI=1S/C17H21N3O6/c1-24-16(22)9-12-17(23)18-5-7-20(12)6-4-15(21)19-11-2-3-13-14(8-11)26-10-25-13/h2-3,8,12H,4-7,9-10H2,1H3,(H,18,23)(H,19,21). The summed E-state index contributed by atoms with van der Waals surface area (Å²) in [5.41, 5.74) is 0.613. The van der Waals surface area contributed by atoms with Gasteiger partial charge in [-0.15, -0.1) is 0 Å². The maximum absolute atomic E-state index is 12.2. The van der Waals surface area contributed by atoms with Gasteiger partial charge in [-0.2, -0.15) is 0 Å². The van der Waals surface area contributed by atoms with Gasteiger partial charge in [-0.25, -0.2) is 0 Å². The number of piperazine rings is 1. The van der Waals surface area contributed by atoms with Crippen molar-refractivity contribution in [3.8, 4) is 11.5 Å². The summed E-state index contributed by atoms with van der Waals surface area (Å²) in [6.07, 6.45) is 0.158. The van der Waals surface area contributed by atoms with Crippen LogP contribution in [0.15, 0.2) is 18.2 Å². The number of anilines is 1. The van der Waals surface area contributed by atoms with Gasteiger partial charge in [0, 0.05) is 37.8 Å². The minimum atomic E-state index is -0.616. The second-order valence-corrected chi connectivity index (χ2v) is 5.99. The number of hydrogen-bond acceptors (Lipinski definition) is 7. The highest BCUT2D eigenvalue weighted by atomic mass is 16.7. The topological polar surface area (TPSA) is 106 Å². The Labute approximate surface area is 150 Å². The average Bonchev–Trinajstić information content (AvgIpc) is 3.09. The Morgan fingerprint density at radius 1 is 1.35 bits per heavy atom. The van der Waals surface area contributed by atoms with Crippen LogP contribution in [0.4, 0.5) is 5.69 Å². The molecular formula is C17H21N3O6. The van der Waals surface area contributed by atoms with E-state index >= 15 is 0 Å². The molecule has 2 amide bonds. The molecule has 2 heterocycles. The lowest BCUT2D eigenvalue weighted by Crippen LogP contribution is -2.56. The molecule has 1 aromatic carbocycles. The minimum Gasteiger partial charge on any atom is -0.469 e. The Kier molecular flexibility index (Phi) is 5.57. The van der Waals surface area contributed by atoms with Crippen LogP contribution in [0.25, 0.3) is 0 Å². The molecule has 1 aromatic rings. The van der Waals surface area contributed by atoms with Crippen LogP contribution in [0, 0.1) is 0 Å². The van der Waals surface area contributed by atoms with E-state index < -0.39 is 12.0 Å². The molecule has 140 valence electrons. The molecule has 1 saturated heterocycles. The van der Waals surface area contributed by atoms with Crippen LogP contribution < -0.4 is 20.1 Å². The number of amides is 2. The number of rotatable bonds is 6. The molecule has 26 heavy (non-hydrogen) atoms. The van der Waals surface area contributed by atoms with Crippen molar-refractivity contribution in [3.63, 3.8) is 0 Å². The van der Waals surface area contributed by atoms with Gasteiger partial charge in [0.25, 0.3) is 0 Å². The van der Waals surface area contributed by atoms with Crippen LogP contribution >= 0.6 is 0 Å². The number of nitrogens with zero attached hydrogens (tertiary/aromatic N) is 1. The van der Waals surface area contributed by atoms with Crippen LogP contribution in [0.2, 0.25) is 0 Å². The van der Waals surface area contributed by atoms with Crippen molar-refractivity contribution in [2.75, 3.05) is 38.9 Å². The van der Waals surface area contributed by atoms with E-state index in [4.69, 9.17) is 9.47 Å². The second-order valence-electron chi connectivity index (χ2n) is 5.99. The van der Waals surface area contributed by atoms with Crippen molar-refractivity contribution in [2.45, 2.75) is 18.9 Å². The van der Waals surface area contributed by atoms with Gasteiger partial charge in [0.15, 0.2) is 11.5 Å². The van der Waals surface area contributed by atoms with Crippen molar-refractivity contribution in [2.24, 2.45) is 0 Å². The van der Waals surface area contributed by atoms with Crippen LogP contribution in [-0.4, -0.2) is 62.3 Å². The number of carbonyl (C=O) groups is 3. The first-order chi connectivity index (χ1) is 12.6. The fraction of sp³-hybridized carbons (Fsp3) is 0.471. The monoisotopic (exact) mass is 363 g/mol. The minimum absolute atomic E-state index is 0.0356. The lowest BCUT2D eigenvalue weighted by atomic mass is 10.1. The van der Waals surface area contributed by atoms with Gasteiger partial charge in [0.1, 0.15) is 0 Å². The molecule has 0 aliphatic carbocycles. The number of fused-ring (bicyclic) bond motifs is 1. The number of benzene rings is 1. The SMILES string of the molecule is COC(=O)CC1C(=O)NCCN1CCC(=O)Nc1ccc2c(c1)OCO2. The second kappa shape index (κ2) is 8.05. The van der Waals surface area contributed by atoms with Gasteiger partial charge in [-0.3, -0.25) is 19.3 Å². The first-order valence-electron chi connectivity index (χ1n) is 8.35. The molecule has 9 heteroatoms. The Balaban J connectivity index is 1.53. The summed E-state index contributed by atoms with van der Waals surface area (Å²) in [5, 5.41) is 5.52. The summed E-state index contributed by atoms with van der Waals surface area (Å²) < 4.78 is 15.2. The third-order valence-electron chi connectivity index (χ3n) is 4.31. The normalized spacial score (nSPS) is 19.0. The van der Waals surface area contributed by atoms with Crippen molar-refractivity contribution in [1.82, 2.24) is 10.2 Å². The van der Waals surface area contributed by atoms with E-state index in [1.54, 1.807) is 18.2 Å². The van der Waals surface area contributed by atoms with E-state index in [1.165, 1.54) is 7.11 Å². The Morgan fingerprint density at radius 3 is 2.96 bits per heavy atom. The summed E-state index contributed by atoms with van der Waals surface area (Å²) in [7, 11) is 1.28. The number of methoxy groups -OCH3 is 1. The number of ether oxygens (including phenoxy) is 3. The average molecular weight is 363 g/mol. The molecular weight excluding hydrogens is 342 g/mol. The van der Waals surface area contributed by atoms with E-state index in [1.807, 2.05) is 4.90 Å². The van der Waals surface area contributed by atoms with Crippen molar-refractivity contribution >= 4 is 23.5 Å². The number of esters is 1. The smallest absolute Gasteiger partial charge is 0.307 e. The largest absolute Gasteiger partial charge is 0.469 e. The molecule has 2 aliphatic rings. The van der Waals surface area contributed by atoms with Crippen LogP contribution in [0.5, 0.6) is 11.5 Å². The van der Waals surface area contributed by atoms with Crippen molar-refractivity contribution in [1.29, 1.82) is 0 Å². The van der Waals surface area contributed by atoms with E-state index in [-0.39, 0.29) is 31.4 Å². The highest BCUT2D eigenvalue weighted by molar-refractivity contribution is 5.91. The highest BCUT2D eigenvalue weighted by Crippen LogP contribution is 2.34. The number of hydrogen-bond donors (Lipinski definition) is 2. The summed E-state index contributed by atoms with van der Waals surface area (Å²) in [5.74, 6) is 0.368. The van der Waals surface area contributed by atoms with Crippen LogP contribution in [0.1, 0.15) is 12.8 Å². The molecule has 3 rings (SSSR count). The first-order valence-corrected chi connectivity index (χ1v) is 8.35. The van der Waals surface area contributed by atoms with E-state index in [9.17, 15) is 14.4 Å². The molecule has 1 unspecified atom stereocenters. The molecule has 2 aliphatic heterocycles. The lowest BCUT2D eigenvalue weighted by molar-refractivity contribution is -0.146. The summed E-state index contributed by atoms with van der Waals surface area (Å²) in [6, 6.07) is 4.56. The molecule has 1 atom stereocenters. The summed E-state index contributed by atoms with van der Waals surface area (Å²) in [4.78, 5) is 37.6. The molecule has 2 N–H and O–H groups in total. The third kappa shape index (κ3) is 4.23. The van der Waals surface area contributed by atoms with Gasteiger partial charge in [-0.05, 0) is 12.1 Å². The molecule has 9 nitrogen and oxygen atoms in total. The fourth-order valence-corrected chi connectivity index (χ4v) is 2.94. The van der Waals surface area contributed by atoms with Gasteiger partial charge in [-0.1, -0.05) is 0 Å². The molecule has 0 aromatic heterocycles. The zero-order valence-corrected chi connectivity index (χ0v) is 14.4. The maximum Gasteiger partial charge on any atom is 0.307 e. The van der Waals surface area contributed by atoms with Gasteiger partial charge < -0.3 is 24.8 Å². The predicted octanol–water partition coefficient (Wildman–Crippen LogP) is 0.107. The van der Waals surface area contributed by atoms with Crippen molar-refractivity contribution < 1.29 is 28.6 Å². The van der Waals surface area contributed by atoms with Gasteiger partial charge >= 0.3 is 5.97 Å². The Morgan fingerprint density at radius 2 is 2.15 bits per heavy atom. The van der Waals surface area contributed by atoms with E-state index in [0.717, 1.165) is 0 Å². The zero-order valence-electron chi connectivity index (χ0n) is 14.4. The van der Waals surface area contributed by atoms with Crippen LogP contribution in [-0.2, 0) is 19.1 Å². The maximum atomic E-state index is 12.2. The lowest BCUT2D eigenvalue weighted by Gasteiger charge is -2.34. The predicted molar refractivity (Wildman–Crippen MR) is 90.8 cm³/mol. The third-order valence-corrected chi connectivity index (χ3v) is 4.31. The first kappa shape index (κ1) is 18.0. The quantitative estimate of drug-likeness (QED) is 0.691. The van der Waals surface area contributed by atoms with E-state index in [0.29, 0.717) is 36.8 Å². The molecule has 0 saturated carbocycles. The van der Waals surface area contributed by atoms with E-state index in [2.05, 4.69) is 15.4 Å². The van der Waals surface area contributed by atoms with Gasteiger partial charge in [0.05, 0.1) is 19.6 Å². The highest BCUT2D eigenvalue weighted by Gasteiger charge is 2.32. The van der Waals surface area contributed by atoms with Crippen LogP contribution in [0.3, 0.4) is 0 Å². The Bertz CT molecular complexity index is 708. The number of nitrogens with one attached hydrogen (secondary N) is 2. The van der Waals surface area contributed by atoms with Gasteiger partial charge in [0.2, 0.25) is 18.6 Å². The fourth-order valence-electron chi connectivity index (χ4n) is 2.94. The molecule has 1 fully saturated rings. The molecule has 0 radical (unpaired) electrons. The molecule has 0 bridgehead atoms. The Hall–Kier alpha value is -2.81. The number of carbonyl (C=O) groups excluding carboxylic acids is 3. The zero-order chi connectivity index (χ0) is 18.5. The summed E-state index contributed by atoms with van der Waals surface area (Å²) in [6.45, 7) is 1.60. The van der Waals surface area contributed by atoms with Crippen molar-refractivity contribution in [3.05, 3.63) is 18.2 Å².